The second-order valence-corrected chi connectivity index (χ2v) is 4.11. The molecule has 0 fully saturated rings. The molecule has 0 aliphatic rings. The molecule has 0 aliphatic carbocycles. The van der Waals surface area contributed by atoms with Gasteiger partial charge in [-0.25, -0.2) is 0 Å². The van der Waals surface area contributed by atoms with Crippen molar-refractivity contribution in [3.8, 4) is 0 Å². The Bertz CT molecular complexity index is 434. The van der Waals surface area contributed by atoms with E-state index in [0.717, 1.165) is 19.8 Å². The molecule has 1 radical (unpaired) electrons. The summed E-state index contributed by atoms with van der Waals surface area (Å²) in [4.78, 5) is 2.98. The van der Waals surface area contributed by atoms with Gasteiger partial charge in [0, 0.05) is 9.86 Å². The monoisotopic (exact) mass is 287 g/mol. The van der Waals surface area contributed by atoms with Crippen LogP contribution in [-0.4, -0.2) is 4.98 Å². The largest absolute Gasteiger partial charge is 0.397 e. The zero-order valence-corrected chi connectivity index (χ0v) is 9.16. The van der Waals surface area contributed by atoms with Crippen LogP contribution < -0.4 is 5.73 Å². The molecule has 0 saturated carbocycles. The molecule has 0 spiro atoms. The maximum Gasteiger partial charge on any atom is 0.0657 e. The van der Waals surface area contributed by atoms with E-state index in [2.05, 4.69) is 43.0 Å². The third-order valence-corrected chi connectivity index (χ3v) is 3.19. The minimum Gasteiger partial charge on any atom is -0.397 e. The summed E-state index contributed by atoms with van der Waals surface area (Å²) in [5, 5.41) is 1.09. The maximum absolute atomic E-state index is 5.78. The van der Waals surface area contributed by atoms with Gasteiger partial charge in [-0.1, -0.05) is 0 Å². The number of hydrogen-bond acceptors (Lipinski definition) is 1. The SMILES string of the molecule is Nc1c(Br)cc2c[c][nH]c2c1Br. The third kappa shape index (κ3) is 1.06. The Morgan fingerprint density at radius 1 is 1.42 bits per heavy atom. The Kier molecular flexibility index (Phi) is 1.88. The molecule has 0 amide bonds. The van der Waals surface area contributed by atoms with Crippen molar-refractivity contribution in [1.82, 2.24) is 4.98 Å². The third-order valence-electron chi connectivity index (χ3n) is 1.71. The lowest BCUT2D eigenvalue weighted by Gasteiger charge is -2.02. The zero-order chi connectivity index (χ0) is 8.72. The minimum atomic E-state index is 0.707. The second-order valence-electron chi connectivity index (χ2n) is 2.46. The maximum atomic E-state index is 5.78. The number of nitrogen functional groups attached to an aromatic ring is 1. The van der Waals surface area contributed by atoms with Crippen molar-refractivity contribution in [1.29, 1.82) is 0 Å². The number of aromatic amines is 1. The van der Waals surface area contributed by atoms with Crippen molar-refractivity contribution in [2.24, 2.45) is 0 Å². The van der Waals surface area contributed by atoms with E-state index in [1.54, 1.807) is 0 Å². The molecule has 2 rings (SSSR count). The molecule has 61 valence electrons. The van der Waals surface area contributed by atoms with E-state index in [4.69, 9.17) is 5.73 Å². The van der Waals surface area contributed by atoms with Crippen molar-refractivity contribution < 1.29 is 0 Å². The highest BCUT2D eigenvalue weighted by Crippen LogP contribution is 2.34. The van der Waals surface area contributed by atoms with Crippen LogP contribution >= 0.6 is 31.9 Å². The summed E-state index contributed by atoms with van der Waals surface area (Å²) >= 11 is 6.77. The molecule has 1 heterocycles. The lowest BCUT2D eigenvalue weighted by Crippen LogP contribution is -1.88. The first-order chi connectivity index (χ1) is 5.70. The molecule has 0 atom stereocenters. The van der Waals surface area contributed by atoms with Crippen molar-refractivity contribution in [2.45, 2.75) is 0 Å². The highest BCUT2D eigenvalue weighted by Gasteiger charge is 2.06. The molecule has 12 heavy (non-hydrogen) atoms. The molecule has 1 aromatic carbocycles. The van der Waals surface area contributed by atoms with Gasteiger partial charge in [-0.2, -0.15) is 0 Å². The topological polar surface area (TPSA) is 41.8 Å². The van der Waals surface area contributed by atoms with Gasteiger partial charge in [-0.15, -0.1) is 0 Å². The predicted octanol–water partition coefficient (Wildman–Crippen LogP) is 3.08. The van der Waals surface area contributed by atoms with Gasteiger partial charge in [0.25, 0.3) is 0 Å². The number of halogens is 2. The Morgan fingerprint density at radius 2 is 2.17 bits per heavy atom. The highest BCUT2D eigenvalue weighted by molar-refractivity contribution is 9.11. The van der Waals surface area contributed by atoms with Gasteiger partial charge in [0.05, 0.1) is 21.9 Å². The van der Waals surface area contributed by atoms with Gasteiger partial charge in [-0.3, -0.25) is 0 Å². The van der Waals surface area contributed by atoms with E-state index in [-0.39, 0.29) is 0 Å². The zero-order valence-electron chi connectivity index (χ0n) is 5.99. The number of hydrogen-bond donors (Lipinski definition) is 2. The first-order valence-electron chi connectivity index (χ1n) is 3.32. The number of aromatic nitrogens is 1. The first kappa shape index (κ1) is 8.13. The summed E-state index contributed by atoms with van der Waals surface area (Å²) in [6.45, 7) is 0. The molecule has 3 N–H and O–H groups in total. The Balaban J connectivity index is 2.94. The summed E-state index contributed by atoms with van der Waals surface area (Å²) < 4.78 is 1.78. The van der Waals surface area contributed by atoms with Crippen LogP contribution in [0.5, 0.6) is 0 Å². The molecular formula is C8H5Br2N2. The van der Waals surface area contributed by atoms with Gasteiger partial charge >= 0.3 is 0 Å². The van der Waals surface area contributed by atoms with Crippen molar-refractivity contribution in [3.63, 3.8) is 0 Å². The van der Waals surface area contributed by atoms with Gasteiger partial charge in [0.1, 0.15) is 0 Å². The van der Waals surface area contributed by atoms with Crippen molar-refractivity contribution in [2.75, 3.05) is 5.73 Å². The summed E-state index contributed by atoms with van der Waals surface area (Å²) in [6.07, 6.45) is 2.90. The number of H-pyrrole nitrogens is 1. The van der Waals surface area contributed by atoms with Crippen LogP contribution in [-0.2, 0) is 0 Å². The Labute approximate surface area is 86.4 Å². The lowest BCUT2D eigenvalue weighted by atomic mass is 10.2. The molecular weight excluding hydrogens is 284 g/mol. The van der Waals surface area contributed by atoms with Gasteiger partial charge in [-0.05, 0) is 44.0 Å². The van der Waals surface area contributed by atoms with E-state index in [0.29, 0.717) is 5.69 Å². The number of nitrogens with one attached hydrogen (secondary N) is 1. The molecule has 0 aliphatic heterocycles. The highest BCUT2D eigenvalue weighted by atomic mass is 79.9. The summed E-state index contributed by atoms with van der Waals surface area (Å²) in [5.41, 5.74) is 7.47. The summed E-state index contributed by atoms with van der Waals surface area (Å²) in [5.74, 6) is 0. The Morgan fingerprint density at radius 3 is 2.92 bits per heavy atom. The fraction of sp³-hybridized carbons (Fsp3) is 0. The average Bonchev–Trinajstić information content (AvgIpc) is 2.48. The predicted molar refractivity (Wildman–Crippen MR) is 56.9 cm³/mol. The van der Waals surface area contributed by atoms with Crippen LogP contribution in [0.15, 0.2) is 21.1 Å². The van der Waals surface area contributed by atoms with Crippen LogP contribution in [0.3, 0.4) is 0 Å². The van der Waals surface area contributed by atoms with E-state index in [1.807, 2.05) is 12.1 Å². The number of benzene rings is 1. The lowest BCUT2D eigenvalue weighted by molar-refractivity contribution is 1.44. The number of nitrogens with two attached hydrogens (primary N) is 1. The standard InChI is InChI=1S/C8H5Br2N2/c9-5-3-4-1-2-12-8(4)6(10)7(5)11/h1,3,12H,11H2. The van der Waals surface area contributed by atoms with Crippen LogP contribution in [0.4, 0.5) is 5.69 Å². The van der Waals surface area contributed by atoms with E-state index < -0.39 is 0 Å². The normalized spacial score (nSPS) is 10.8. The van der Waals surface area contributed by atoms with Crippen LogP contribution in [0, 0.1) is 6.20 Å². The second kappa shape index (κ2) is 2.78. The van der Waals surface area contributed by atoms with Crippen molar-refractivity contribution >= 4 is 48.5 Å². The first-order valence-corrected chi connectivity index (χ1v) is 4.91. The minimum absolute atomic E-state index is 0.707. The van der Waals surface area contributed by atoms with E-state index in [9.17, 15) is 0 Å². The van der Waals surface area contributed by atoms with E-state index in [1.165, 1.54) is 0 Å². The van der Waals surface area contributed by atoms with Gasteiger partial charge < -0.3 is 10.7 Å². The fourth-order valence-electron chi connectivity index (χ4n) is 1.08. The Hall–Kier alpha value is -0.480. The fourth-order valence-corrected chi connectivity index (χ4v) is 2.33. The summed E-state index contributed by atoms with van der Waals surface area (Å²) in [6, 6.07) is 3.84. The number of anilines is 1. The molecule has 1 aromatic heterocycles. The van der Waals surface area contributed by atoms with Crippen molar-refractivity contribution in [3.05, 3.63) is 27.3 Å². The van der Waals surface area contributed by atoms with Crippen LogP contribution in [0.1, 0.15) is 0 Å². The van der Waals surface area contributed by atoms with E-state index >= 15 is 0 Å². The quantitative estimate of drug-likeness (QED) is 0.719. The van der Waals surface area contributed by atoms with Crippen LogP contribution in [0.2, 0.25) is 0 Å². The average molecular weight is 289 g/mol. The molecule has 2 aromatic rings. The van der Waals surface area contributed by atoms with Gasteiger partial charge in [0.2, 0.25) is 0 Å². The smallest absolute Gasteiger partial charge is 0.0657 e. The summed E-state index contributed by atoms with van der Waals surface area (Å²) in [7, 11) is 0. The molecule has 4 heteroatoms. The number of fused-ring (bicyclic) bond motifs is 1. The van der Waals surface area contributed by atoms with Gasteiger partial charge in [0.15, 0.2) is 0 Å². The number of rotatable bonds is 0. The molecule has 0 unspecified atom stereocenters. The van der Waals surface area contributed by atoms with Crippen LogP contribution in [0.25, 0.3) is 10.9 Å². The molecule has 0 bridgehead atoms. The molecule has 2 nitrogen and oxygen atoms in total. The molecule has 0 saturated heterocycles.